The van der Waals surface area contributed by atoms with Crippen LogP contribution in [0.15, 0.2) is 60.7 Å². The third-order valence-corrected chi connectivity index (χ3v) is 3.73. The first-order valence-corrected chi connectivity index (χ1v) is 7.32. The number of rotatable bonds is 7. The summed E-state index contributed by atoms with van der Waals surface area (Å²) in [5.74, 6) is -0.889. The van der Waals surface area contributed by atoms with Gasteiger partial charge < -0.3 is 5.11 Å². The lowest BCUT2D eigenvalue weighted by Gasteiger charge is -2.27. The van der Waals surface area contributed by atoms with E-state index in [0.717, 1.165) is 5.56 Å². The lowest BCUT2D eigenvalue weighted by atomic mass is 9.76. The molecule has 0 aliphatic heterocycles. The Kier molecular flexibility index (Phi) is 5.10. The average molecular weight is 296 g/mol. The van der Waals surface area contributed by atoms with Crippen LogP contribution in [-0.2, 0) is 11.2 Å². The Morgan fingerprint density at radius 3 is 2.00 bits per heavy atom. The molecule has 0 unspecified atom stereocenters. The van der Waals surface area contributed by atoms with Gasteiger partial charge in [-0.2, -0.15) is 0 Å². The summed E-state index contributed by atoms with van der Waals surface area (Å²) in [5.41, 5.74) is 1.08. The van der Waals surface area contributed by atoms with E-state index in [-0.39, 0.29) is 18.6 Å². The number of carbonyl (C=O) groups is 2. The lowest BCUT2D eigenvalue weighted by Crippen LogP contribution is -2.27. The maximum atomic E-state index is 12.4. The lowest BCUT2D eigenvalue weighted by molar-refractivity contribution is -0.139. The molecule has 0 aliphatic carbocycles. The summed E-state index contributed by atoms with van der Waals surface area (Å²) in [5, 5.41) is 9.20. The second kappa shape index (κ2) is 7.03. The molecule has 0 heterocycles. The summed E-state index contributed by atoms with van der Waals surface area (Å²) in [6, 6.07) is 18.7. The molecule has 22 heavy (non-hydrogen) atoms. The second-order valence-corrected chi connectivity index (χ2v) is 6.01. The maximum Gasteiger partial charge on any atom is 0.303 e. The fraction of sp³-hybridized carbons (Fsp3) is 0.263. The Balaban J connectivity index is 2.18. The Bertz CT molecular complexity index is 634. The van der Waals surface area contributed by atoms with Crippen molar-refractivity contribution in [2.24, 2.45) is 5.41 Å². The van der Waals surface area contributed by atoms with E-state index in [0.29, 0.717) is 12.0 Å². The molecule has 2 rings (SSSR count). The van der Waals surface area contributed by atoms with Crippen molar-refractivity contribution in [3.8, 4) is 0 Å². The molecule has 2 aromatic carbocycles. The quantitative estimate of drug-likeness (QED) is 0.786. The molecule has 0 amide bonds. The molecule has 0 saturated carbocycles. The third kappa shape index (κ3) is 4.55. The van der Waals surface area contributed by atoms with Crippen molar-refractivity contribution in [3.05, 3.63) is 71.8 Å². The largest absolute Gasteiger partial charge is 0.481 e. The van der Waals surface area contributed by atoms with Crippen molar-refractivity contribution < 1.29 is 14.7 Å². The van der Waals surface area contributed by atoms with Crippen LogP contribution < -0.4 is 0 Å². The first-order chi connectivity index (χ1) is 10.5. The topological polar surface area (TPSA) is 54.4 Å². The highest BCUT2D eigenvalue weighted by molar-refractivity contribution is 5.96. The SMILES string of the molecule is C[C@@](CC(=O)O)(CC(=O)c1ccccc1)Cc1ccccc1. The number of hydrogen-bond acceptors (Lipinski definition) is 2. The zero-order chi connectivity index (χ0) is 16.0. The van der Waals surface area contributed by atoms with Gasteiger partial charge in [0.1, 0.15) is 0 Å². The van der Waals surface area contributed by atoms with Crippen LogP contribution in [0.5, 0.6) is 0 Å². The molecule has 0 fully saturated rings. The normalized spacial score (nSPS) is 13.3. The summed E-state index contributed by atoms with van der Waals surface area (Å²) < 4.78 is 0. The van der Waals surface area contributed by atoms with E-state index in [2.05, 4.69) is 0 Å². The fourth-order valence-corrected chi connectivity index (χ4v) is 2.75. The van der Waals surface area contributed by atoms with Crippen LogP contribution in [0.2, 0.25) is 0 Å². The van der Waals surface area contributed by atoms with Crippen LogP contribution >= 0.6 is 0 Å². The van der Waals surface area contributed by atoms with Crippen molar-refractivity contribution in [1.82, 2.24) is 0 Å². The molecule has 0 bridgehead atoms. The first kappa shape index (κ1) is 16.0. The van der Waals surface area contributed by atoms with Gasteiger partial charge in [0.15, 0.2) is 5.78 Å². The van der Waals surface area contributed by atoms with Gasteiger partial charge >= 0.3 is 5.97 Å². The minimum absolute atomic E-state index is 0.0136. The Hall–Kier alpha value is -2.42. The number of carbonyl (C=O) groups excluding carboxylic acids is 1. The van der Waals surface area contributed by atoms with Crippen molar-refractivity contribution in [3.63, 3.8) is 0 Å². The molecule has 2 aromatic rings. The van der Waals surface area contributed by atoms with Crippen LogP contribution in [0.3, 0.4) is 0 Å². The number of ketones is 1. The van der Waals surface area contributed by atoms with Gasteiger partial charge in [-0.15, -0.1) is 0 Å². The molecule has 3 heteroatoms. The predicted molar refractivity (Wildman–Crippen MR) is 85.9 cm³/mol. The molecule has 114 valence electrons. The predicted octanol–water partition coefficient (Wildman–Crippen LogP) is 3.98. The molecule has 0 radical (unpaired) electrons. The molecule has 0 aromatic heterocycles. The number of Topliss-reactive ketones (excluding diaryl/α,β-unsaturated/α-hetero) is 1. The standard InChI is InChI=1S/C19H20O3/c1-19(14-18(21)22,12-15-8-4-2-5-9-15)13-17(20)16-10-6-3-7-11-16/h2-11H,12-14H2,1H3,(H,21,22)/t19-/m0/s1. The van der Waals surface area contributed by atoms with Gasteiger partial charge in [0.2, 0.25) is 0 Å². The minimum atomic E-state index is -0.876. The summed E-state index contributed by atoms with van der Waals surface area (Å²) in [6.07, 6.45) is 0.761. The van der Waals surface area contributed by atoms with Crippen molar-refractivity contribution >= 4 is 11.8 Å². The van der Waals surface area contributed by atoms with Gasteiger partial charge in [0.05, 0.1) is 6.42 Å². The van der Waals surface area contributed by atoms with Crippen molar-refractivity contribution in [2.75, 3.05) is 0 Å². The zero-order valence-corrected chi connectivity index (χ0v) is 12.7. The fourth-order valence-electron chi connectivity index (χ4n) is 2.75. The van der Waals surface area contributed by atoms with Gasteiger partial charge in [0, 0.05) is 12.0 Å². The summed E-state index contributed by atoms with van der Waals surface area (Å²) in [7, 11) is 0. The highest BCUT2D eigenvalue weighted by Crippen LogP contribution is 2.32. The molecule has 0 spiro atoms. The van der Waals surface area contributed by atoms with E-state index in [1.54, 1.807) is 12.1 Å². The van der Waals surface area contributed by atoms with Crippen LogP contribution in [0.4, 0.5) is 0 Å². The summed E-state index contributed by atoms with van der Waals surface area (Å²) >= 11 is 0. The average Bonchev–Trinajstić information content (AvgIpc) is 2.47. The molecular weight excluding hydrogens is 276 g/mol. The Labute approximate surface area is 130 Å². The van der Waals surface area contributed by atoms with Crippen LogP contribution in [0.25, 0.3) is 0 Å². The van der Waals surface area contributed by atoms with Gasteiger partial charge in [-0.3, -0.25) is 9.59 Å². The highest BCUT2D eigenvalue weighted by atomic mass is 16.4. The summed E-state index contributed by atoms with van der Waals surface area (Å²) in [6.45, 7) is 1.87. The smallest absolute Gasteiger partial charge is 0.303 e. The van der Waals surface area contributed by atoms with Gasteiger partial charge in [-0.25, -0.2) is 0 Å². The number of benzene rings is 2. The van der Waals surface area contributed by atoms with Gasteiger partial charge in [0.25, 0.3) is 0 Å². The minimum Gasteiger partial charge on any atom is -0.481 e. The molecule has 0 aliphatic rings. The number of carboxylic acids is 1. The number of carboxylic acid groups (broad SMARTS) is 1. The maximum absolute atomic E-state index is 12.4. The highest BCUT2D eigenvalue weighted by Gasteiger charge is 2.31. The molecule has 1 atom stereocenters. The zero-order valence-electron chi connectivity index (χ0n) is 12.7. The van der Waals surface area contributed by atoms with E-state index in [4.69, 9.17) is 0 Å². The van der Waals surface area contributed by atoms with Crippen molar-refractivity contribution in [2.45, 2.75) is 26.2 Å². The van der Waals surface area contributed by atoms with Gasteiger partial charge in [-0.05, 0) is 17.4 Å². The Morgan fingerprint density at radius 2 is 1.45 bits per heavy atom. The number of aliphatic carboxylic acids is 1. The van der Waals surface area contributed by atoms with E-state index in [9.17, 15) is 14.7 Å². The first-order valence-electron chi connectivity index (χ1n) is 7.32. The Morgan fingerprint density at radius 1 is 0.909 bits per heavy atom. The van der Waals surface area contributed by atoms with Gasteiger partial charge in [-0.1, -0.05) is 67.6 Å². The van der Waals surface area contributed by atoms with Crippen molar-refractivity contribution in [1.29, 1.82) is 0 Å². The van der Waals surface area contributed by atoms with Crippen LogP contribution in [0.1, 0.15) is 35.7 Å². The molecule has 3 nitrogen and oxygen atoms in total. The van der Waals surface area contributed by atoms with Crippen LogP contribution in [-0.4, -0.2) is 16.9 Å². The van der Waals surface area contributed by atoms with E-state index >= 15 is 0 Å². The van der Waals surface area contributed by atoms with E-state index < -0.39 is 11.4 Å². The number of hydrogen-bond donors (Lipinski definition) is 1. The summed E-state index contributed by atoms with van der Waals surface area (Å²) in [4.78, 5) is 23.7. The molecular formula is C19H20O3. The van der Waals surface area contributed by atoms with E-state index in [1.807, 2.05) is 55.5 Å². The van der Waals surface area contributed by atoms with E-state index in [1.165, 1.54) is 0 Å². The molecule has 1 N–H and O–H groups in total. The van der Waals surface area contributed by atoms with Crippen LogP contribution in [0, 0.1) is 5.41 Å². The monoisotopic (exact) mass is 296 g/mol. The molecule has 0 saturated heterocycles. The third-order valence-electron chi connectivity index (χ3n) is 3.73. The second-order valence-electron chi connectivity index (χ2n) is 6.01.